The van der Waals surface area contributed by atoms with E-state index in [4.69, 9.17) is 0 Å². The molecule has 1 aliphatic heterocycles. The Morgan fingerprint density at radius 1 is 1.03 bits per heavy atom. The van der Waals surface area contributed by atoms with Crippen LogP contribution < -0.4 is 5.32 Å². The van der Waals surface area contributed by atoms with E-state index in [-0.39, 0.29) is 42.6 Å². The number of carbonyl (C=O) groups excluding carboxylic acids is 4. The highest BCUT2D eigenvalue weighted by Crippen LogP contribution is 2.23. The molecule has 0 aromatic heterocycles. The minimum Gasteiger partial charge on any atom is -0.352 e. The Bertz CT molecular complexity index is 1090. The molecule has 4 amide bonds. The maximum absolute atomic E-state index is 13.3. The molecule has 1 atom stereocenters. The molecule has 184 valence electrons. The molecule has 7 heteroatoms. The number of benzene rings is 2. The van der Waals surface area contributed by atoms with Crippen LogP contribution in [0, 0.1) is 6.92 Å². The lowest BCUT2D eigenvalue weighted by molar-refractivity contribution is -0.141. The first-order chi connectivity index (χ1) is 16.8. The lowest BCUT2D eigenvalue weighted by atomic mass is 10.1. The van der Waals surface area contributed by atoms with Crippen molar-refractivity contribution in [2.45, 2.75) is 71.0 Å². The van der Waals surface area contributed by atoms with E-state index in [0.717, 1.165) is 36.8 Å². The van der Waals surface area contributed by atoms with Crippen LogP contribution in [-0.2, 0) is 16.1 Å². The fourth-order valence-corrected chi connectivity index (χ4v) is 4.96. The number of imide groups is 1. The van der Waals surface area contributed by atoms with Crippen LogP contribution in [0.4, 0.5) is 0 Å². The Balaban J connectivity index is 1.41. The Hall–Kier alpha value is -3.48. The molecule has 4 rings (SSSR count). The Morgan fingerprint density at radius 2 is 1.69 bits per heavy atom. The summed E-state index contributed by atoms with van der Waals surface area (Å²) in [6, 6.07) is 14.2. The summed E-state index contributed by atoms with van der Waals surface area (Å²) in [5.74, 6) is -0.951. The van der Waals surface area contributed by atoms with Gasteiger partial charge in [0.15, 0.2) is 0 Å². The highest BCUT2D eigenvalue weighted by Gasteiger charge is 2.35. The summed E-state index contributed by atoms with van der Waals surface area (Å²) in [6.07, 6.45) is 4.66. The molecule has 35 heavy (non-hydrogen) atoms. The van der Waals surface area contributed by atoms with Crippen LogP contribution >= 0.6 is 0 Å². The Kier molecular flexibility index (Phi) is 7.63. The van der Waals surface area contributed by atoms with E-state index in [2.05, 4.69) is 5.32 Å². The topological polar surface area (TPSA) is 86.8 Å². The monoisotopic (exact) mass is 475 g/mol. The Labute approximate surface area is 206 Å². The molecule has 2 aromatic rings. The summed E-state index contributed by atoms with van der Waals surface area (Å²) < 4.78 is 0. The second-order valence-corrected chi connectivity index (χ2v) is 9.59. The number of aryl methyl sites for hydroxylation is 1. The molecule has 7 nitrogen and oxygen atoms in total. The second kappa shape index (κ2) is 10.8. The number of nitrogens with one attached hydrogen (secondary N) is 1. The molecule has 0 spiro atoms. The van der Waals surface area contributed by atoms with Gasteiger partial charge in [-0.25, -0.2) is 0 Å². The van der Waals surface area contributed by atoms with Crippen molar-refractivity contribution in [3.05, 3.63) is 70.8 Å². The summed E-state index contributed by atoms with van der Waals surface area (Å²) in [7, 11) is 0. The molecular weight excluding hydrogens is 442 g/mol. The van der Waals surface area contributed by atoms with Crippen molar-refractivity contribution in [1.29, 1.82) is 0 Å². The minimum atomic E-state index is -0.622. The van der Waals surface area contributed by atoms with Gasteiger partial charge in [0.25, 0.3) is 11.8 Å². The standard InChI is InChI=1S/C28H33N3O4/c1-19-9-7-10-21(17-19)18-31(20(2)26(33)29-22-11-3-4-12-22)25(32)15-8-16-30-27(34)23-13-5-6-14-24(23)28(30)35/h5-7,9-10,13-14,17,20,22H,3-4,8,11-12,15-16,18H2,1-2H3,(H,29,33)/t20-/m1/s1. The summed E-state index contributed by atoms with van der Waals surface area (Å²) in [5, 5.41) is 3.10. The van der Waals surface area contributed by atoms with Gasteiger partial charge in [-0.05, 0) is 50.8 Å². The largest absolute Gasteiger partial charge is 0.352 e. The van der Waals surface area contributed by atoms with Crippen LogP contribution in [-0.4, -0.2) is 52.1 Å². The predicted molar refractivity (Wildman–Crippen MR) is 133 cm³/mol. The van der Waals surface area contributed by atoms with Gasteiger partial charge in [0.05, 0.1) is 11.1 Å². The summed E-state index contributed by atoms with van der Waals surface area (Å²) in [4.78, 5) is 54.4. The minimum absolute atomic E-state index is 0.139. The van der Waals surface area contributed by atoms with Crippen molar-refractivity contribution in [3.63, 3.8) is 0 Å². The van der Waals surface area contributed by atoms with E-state index >= 15 is 0 Å². The molecular formula is C28H33N3O4. The van der Waals surface area contributed by atoms with Crippen LogP contribution in [0.15, 0.2) is 48.5 Å². The highest BCUT2D eigenvalue weighted by atomic mass is 16.2. The third-order valence-electron chi connectivity index (χ3n) is 6.95. The average molecular weight is 476 g/mol. The Morgan fingerprint density at radius 3 is 2.31 bits per heavy atom. The van der Waals surface area contributed by atoms with Crippen LogP contribution in [0.3, 0.4) is 0 Å². The van der Waals surface area contributed by atoms with Gasteiger partial charge in [-0.15, -0.1) is 0 Å². The van der Waals surface area contributed by atoms with Gasteiger partial charge in [-0.2, -0.15) is 0 Å². The normalized spacial score (nSPS) is 16.3. The zero-order valence-electron chi connectivity index (χ0n) is 20.5. The van der Waals surface area contributed by atoms with Gasteiger partial charge in [-0.3, -0.25) is 24.1 Å². The molecule has 0 bridgehead atoms. The van der Waals surface area contributed by atoms with Gasteiger partial charge in [0.1, 0.15) is 6.04 Å². The van der Waals surface area contributed by atoms with E-state index in [9.17, 15) is 19.2 Å². The van der Waals surface area contributed by atoms with Crippen LogP contribution in [0.25, 0.3) is 0 Å². The first-order valence-corrected chi connectivity index (χ1v) is 12.5. The van der Waals surface area contributed by atoms with Crippen LogP contribution in [0.5, 0.6) is 0 Å². The highest BCUT2D eigenvalue weighted by molar-refractivity contribution is 6.21. The summed E-state index contributed by atoms with van der Waals surface area (Å²) in [5.41, 5.74) is 2.85. The lowest BCUT2D eigenvalue weighted by Crippen LogP contribution is -2.49. The van der Waals surface area contributed by atoms with Crippen LogP contribution in [0.2, 0.25) is 0 Å². The van der Waals surface area contributed by atoms with E-state index < -0.39 is 6.04 Å². The zero-order valence-corrected chi connectivity index (χ0v) is 20.5. The molecule has 1 aliphatic carbocycles. The molecule has 2 aliphatic rings. The van der Waals surface area contributed by atoms with E-state index in [1.165, 1.54) is 4.90 Å². The van der Waals surface area contributed by atoms with Gasteiger partial charge in [-0.1, -0.05) is 54.8 Å². The van der Waals surface area contributed by atoms with Gasteiger partial charge in [0, 0.05) is 25.6 Å². The third kappa shape index (κ3) is 5.61. The maximum Gasteiger partial charge on any atom is 0.261 e. The summed E-state index contributed by atoms with van der Waals surface area (Å²) in [6.45, 7) is 4.25. The quantitative estimate of drug-likeness (QED) is 0.558. The maximum atomic E-state index is 13.3. The molecule has 1 N–H and O–H groups in total. The molecule has 0 radical (unpaired) electrons. The lowest BCUT2D eigenvalue weighted by Gasteiger charge is -2.30. The van der Waals surface area contributed by atoms with Crippen molar-refractivity contribution in [2.75, 3.05) is 6.54 Å². The van der Waals surface area contributed by atoms with Crippen molar-refractivity contribution in [2.24, 2.45) is 0 Å². The number of nitrogens with zero attached hydrogens (tertiary/aromatic N) is 2. The number of hydrogen-bond acceptors (Lipinski definition) is 4. The van der Waals surface area contributed by atoms with Crippen LogP contribution in [0.1, 0.15) is 77.3 Å². The zero-order chi connectivity index (χ0) is 24.9. The van der Waals surface area contributed by atoms with Gasteiger partial charge < -0.3 is 10.2 Å². The number of rotatable bonds is 9. The summed E-state index contributed by atoms with van der Waals surface area (Å²) >= 11 is 0. The molecule has 1 fully saturated rings. The van der Waals surface area contributed by atoms with Gasteiger partial charge >= 0.3 is 0 Å². The molecule has 1 heterocycles. The van der Waals surface area contributed by atoms with E-state index in [1.807, 2.05) is 31.2 Å². The number of fused-ring (bicyclic) bond motifs is 1. The SMILES string of the molecule is Cc1cccc(CN(C(=O)CCCN2C(=O)c3ccccc3C2=O)[C@H](C)C(=O)NC2CCCC2)c1. The van der Waals surface area contributed by atoms with Crippen molar-refractivity contribution in [1.82, 2.24) is 15.1 Å². The average Bonchev–Trinajstić information content (AvgIpc) is 3.44. The molecule has 0 saturated heterocycles. The molecule has 1 saturated carbocycles. The molecule has 2 aromatic carbocycles. The fraction of sp³-hybridized carbons (Fsp3) is 0.429. The second-order valence-electron chi connectivity index (χ2n) is 9.59. The van der Waals surface area contributed by atoms with Crippen molar-refractivity contribution in [3.8, 4) is 0 Å². The first-order valence-electron chi connectivity index (χ1n) is 12.5. The number of amides is 4. The van der Waals surface area contributed by atoms with Crippen molar-refractivity contribution < 1.29 is 19.2 Å². The third-order valence-corrected chi connectivity index (χ3v) is 6.95. The van der Waals surface area contributed by atoms with Gasteiger partial charge in [0.2, 0.25) is 11.8 Å². The number of carbonyl (C=O) groups is 4. The van der Waals surface area contributed by atoms with E-state index in [0.29, 0.717) is 24.1 Å². The predicted octanol–water partition coefficient (Wildman–Crippen LogP) is 3.85. The van der Waals surface area contributed by atoms with E-state index in [1.54, 1.807) is 36.1 Å². The number of hydrogen-bond donors (Lipinski definition) is 1. The smallest absolute Gasteiger partial charge is 0.261 e. The van der Waals surface area contributed by atoms with Crippen molar-refractivity contribution >= 4 is 23.6 Å². The first kappa shape index (κ1) is 24.6. The fourth-order valence-electron chi connectivity index (χ4n) is 4.96. The molecule has 0 unspecified atom stereocenters.